The lowest BCUT2D eigenvalue weighted by Crippen LogP contribution is -2.47. The molecule has 1 aromatic carbocycles. The Morgan fingerprint density at radius 2 is 2.00 bits per heavy atom. The molecule has 3 heterocycles. The number of pyridine rings is 1. The van der Waals surface area contributed by atoms with Gasteiger partial charge in [-0.15, -0.1) is 0 Å². The van der Waals surface area contributed by atoms with E-state index in [9.17, 15) is 9.18 Å². The van der Waals surface area contributed by atoms with Crippen molar-refractivity contribution in [2.45, 2.75) is 38.4 Å². The van der Waals surface area contributed by atoms with Crippen LogP contribution in [0.1, 0.15) is 24.8 Å². The van der Waals surface area contributed by atoms with E-state index < -0.39 is 6.17 Å². The molecule has 0 radical (unpaired) electrons. The number of aromatic nitrogens is 1. The maximum atomic E-state index is 13.3. The number of fused-ring (bicyclic) bond motifs is 1. The summed E-state index contributed by atoms with van der Waals surface area (Å²) in [6.45, 7) is 5.14. The molecule has 0 saturated carbocycles. The second kappa shape index (κ2) is 8.03. The number of halogens is 1. The van der Waals surface area contributed by atoms with Gasteiger partial charge in [-0.25, -0.2) is 4.39 Å². The highest BCUT2D eigenvalue weighted by Gasteiger charge is 2.29. The SMILES string of the molecule is Cc1ccc2ncc(N(C)C3CCN(CC(=O)N4CC[C@H](F)C4)CC3)cc2c1. The van der Waals surface area contributed by atoms with E-state index in [2.05, 4.69) is 53.0 Å². The zero-order valence-electron chi connectivity index (χ0n) is 16.8. The second-order valence-corrected chi connectivity index (χ2v) is 8.23. The van der Waals surface area contributed by atoms with Crippen molar-refractivity contribution in [1.29, 1.82) is 0 Å². The predicted molar refractivity (Wildman–Crippen MR) is 110 cm³/mol. The summed E-state index contributed by atoms with van der Waals surface area (Å²) in [6, 6.07) is 8.98. The highest BCUT2D eigenvalue weighted by atomic mass is 19.1. The maximum Gasteiger partial charge on any atom is 0.236 e. The first-order valence-electron chi connectivity index (χ1n) is 10.2. The van der Waals surface area contributed by atoms with E-state index >= 15 is 0 Å². The summed E-state index contributed by atoms with van der Waals surface area (Å²) in [5, 5.41) is 1.17. The van der Waals surface area contributed by atoms with Crippen LogP contribution in [0, 0.1) is 6.92 Å². The van der Waals surface area contributed by atoms with E-state index in [1.165, 1.54) is 10.9 Å². The minimum Gasteiger partial charge on any atom is -0.370 e. The van der Waals surface area contributed by atoms with Crippen molar-refractivity contribution in [3.63, 3.8) is 0 Å². The van der Waals surface area contributed by atoms with Gasteiger partial charge in [0.15, 0.2) is 0 Å². The van der Waals surface area contributed by atoms with Gasteiger partial charge >= 0.3 is 0 Å². The molecule has 150 valence electrons. The summed E-state index contributed by atoms with van der Waals surface area (Å²) >= 11 is 0. The number of amides is 1. The predicted octanol–water partition coefficient (Wildman–Crippen LogP) is 3.01. The van der Waals surface area contributed by atoms with E-state index in [0.717, 1.165) is 37.1 Å². The van der Waals surface area contributed by atoms with Crippen molar-refractivity contribution in [3.8, 4) is 0 Å². The van der Waals surface area contributed by atoms with Crippen LogP contribution in [0.25, 0.3) is 10.9 Å². The van der Waals surface area contributed by atoms with Crippen molar-refractivity contribution in [2.75, 3.05) is 44.7 Å². The molecule has 0 bridgehead atoms. The Balaban J connectivity index is 1.33. The number of anilines is 1. The standard InChI is InChI=1S/C22H29FN4O/c1-16-3-4-21-17(11-16)12-20(13-24-21)25(2)19-6-8-26(9-7-19)15-22(28)27-10-5-18(23)14-27/h3-4,11-13,18-19H,5-10,14-15H2,1-2H3/t18-/m0/s1. The highest BCUT2D eigenvalue weighted by molar-refractivity contribution is 5.82. The minimum atomic E-state index is -0.845. The van der Waals surface area contributed by atoms with Gasteiger partial charge in [0.05, 0.1) is 30.5 Å². The summed E-state index contributed by atoms with van der Waals surface area (Å²) in [6.07, 6.45) is 3.62. The number of piperidine rings is 1. The van der Waals surface area contributed by atoms with Crippen LogP contribution in [0.5, 0.6) is 0 Å². The van der Waals surface area contributed by atoms with Gasteiger partial charge < -0.3 is 9.80 Å². The third-order valence-electron chi connectivity index (χ3n) is 6.18. The molecule has 2 fully saturated rings. The Bertz CT molecular complexity index is 850. The normalized spacial score (nSPS) is 21.4. The summed E-state index contributed by atoms with van der Waals surface area (Å²) < 4.78 is 13.3. The molecule has 1 aromatic heterocycles. The zero-order chi connectivity index (χ0) is 19.7. The molecule has 6 heteroatoms. The number of aryl methyl sites for hydroxylation is 1. The molecule has 1 atom stereocenters. The van der Waals surface area contributed by atoms with Gasteiger partial charge in [0.2, 0.25) is 5.91 Å². The third-order valence-corrected chi connectivity index (χ3v) is 6.18. The maximum absolute atomic E-state index is 13.3. The molecule has 2 saturated heterocycles. The molecule has 1 amide bonds. The van der Waals surface area contributed by atoms with Gasteiger partial charge in [-0.3, -0.25) is 14.7 Å². The number of rotatable bonds is 4. The Morgan fingerprint density at radius 1 is 1.21 bits per heavy atom. The number of likely N-dealkylation sites (tertiary alicyclic amines) is 2. The number of benzene rings is 1. The molecular weight excluding hydrogens is 355 g/mol. The van der Waals surface area contributed by atoms with Gasteiger partial charge in [0.25, 0.3) is 0 Å². The third kappa shape index (κ3) is 4.12. The lowest BCUT2D eigenvalue weighted by atomic mass is 10.0. The van der Waals surface area contributed by atoms with Crippen LogP contribution in [-0.2, 0) is 4.79 Å². The number of hydrogen-bond donors (Lipinski definition) is 0. The van der Waals surface area contributed by atoms with Gasteiger partial charge in [0.1, 0.15) is 6.17 Å². The van der Waals surface area contributed by atoms with E-state index in [1.807, 2.05) is 6.20 Å². The first kappa shape index (κ1) is 19.1. The molecule has 0 unspecified atom stereocenters. The number of nitrogens with zero attached hydrogens (tertiary/aromatic N) is 4. The largest absolute Gasteiger partial charge is 0.370 e. The monoisotopic (exact) mass is 384 g/mol. The van der Waals surface area contributed by atoms with Gasteiger partial charge in [-0.1, -0.05) is 11.6 Å². The van der Waals surface area contributed by atoms with E-state index in [4.69, 9.17) is 0 Å². The van der Waals surface area contributed by atoms with E-state index in [1.54, 1.807) is 4.90 Å². The first-order chi connectivity index (χ1) is 13.5. The summed E-state index contributed by atoms with van der Waals surface area (Å²) in [5.74, 6) is 0.0704. The van der Waals surface area contributed by atoms with Crippen LogP contribution in [0.3, 0.4) is 0 Å². The summed E-state index contributed by atoms with van der Waals surface area (Å²) in [5.41, 5.74) is 3.40. The Hall–Kier alpha value is -2.21. The van der Waals surface area contributed by atoms with Crippen LogP contribution in [-0.4, -0.2) is 72.7 Å². The molecule has 5 nitrogen and oxygen atoms in total. The molecular formula is C22H29FN4O. The Kier molecular flexibility index (Phi) is 5.49. The fraction of sp³-hybridized carbons (Fsp3) is 0.545. The van der Waals surface area contributed by atoms with Crippen molar-refractivity contribution in [1.82, 2.24) is 14.8 Å². The van der Waals surface area contributed by atoms with E-state index in [-0.39, 0.29) is 12.5 Å². The van der Waals surface area contributed by atoms with Gasteiger partial charge in [0, 0.05) is 38.1 Å². The number of hydrogen-bond acceptors (Lipinski definition) is 4. The summed E-state index contributed by atoms with van der Waals surface area (Å²) in [7, 11) is 2.13. The lowest BCUT2D eigenvalue weighted by Gasteiger charge is -2.37. The van der Waals surface area contributed by atoms with Crippen LogP contribution in [0.15, 0.2) is 30.5 Å². The lowest BCUT2D eigenvalue weighted by molar-refractivity contribution is -0.131. The average molecular weight is 384 g/mol. The smallest absolute Gasteiger partial charge is 0.236 e. The second-order valence-electron chi connectivity index (χ2n) is 8.23. The number of carbonyl (C=O) groups excluding carboxylic acids is 1. The van der Waals surface area contributed by atoms with E-state index in [0.29, 0.717) is 25.6 Å². The van der Waals surface area contributed by atoms with Crippen molar-refractivity contribution in [2.24, 2.45) is 0 Å². The molecule has 0 N–H and O–H groups in total. The molecule has 2 aromatic rings. The molecule has 4 rings (SSSR count). The van der Waals surface area contributed by atoms with Crippen LogP contribution in [0.4, 0.5) is 10.1 Å². The van der Waals surface area contributed by atoms with Crippen molar-refractivity contribution >= 4 is 22.5 Å². The van der Waals surface area contributed by atoms with Crippen LogP contribution >= 0.6 is 0 Å². The fourth-order valence-corrected chi connectivity index (χ4v) is 4.34. The highest BCUT2D eigenvalue weighted by Crippen LogP contribution is 2.25. The van der Waals surface area contributed by atoms with Crippen LogP contribution in [0.2, 0.25) is 0 Å². The molecule has 0 aliphatic carbocycles. The summed E-state index contributed by atoms with van der Waals surface area (Å²) in [4.78, 5) is 23.2. The first-order valence-corrected chi connectivity index (χ1v) is 10.2. The van der Waals surface area contributed by atoms with Crippen molar-refractivity contribution in [3.05, 3.63) is 36.0 Å². The molecule has 28 heavy (non-hydrogen) atoms. The van der Waals surface area contributed by atoms with Crippen molar-refractivity contribution < 1.29 is 9.18 Å². The molecule has 2 aliphatic heterocycles. The zero-order valence-corrected chi connectivity index (χ0v) is 16.8. The molecule has 2 aliphatic rings. The van der Waals surface area contributed by atoms with Crippen LogP contribution < -0.4 is 4.90 Å². The Morgan fingerprint density at radius 3 is 2.71 bits per heavy atom. The fourth-order valence-electron chi connectivity index (χ4n) is 4.34. The average Bonchev–Trinajstić information content (AvgIpc) is 3.14. The topological polar surface area (TPSA) is 39.7 Å². The minimum absolute atomic E-state index is 0.0704. The molecule has 0 spiro atoms. The number of carbonyl (C=O) groups is 1. The quantitative estimate of drug-likeness (QED) is 0.812. The van der Waals surface area contributed by atoms with Gasteiger partial charge in [-0.2, -0.15) is 0 Å². The van der Waals surface area contributed by atoms with Gasteiger partial charge in [-0.05, 0) is 44.4 Å². The number of alkyl halides is 1. The Labute approximate surface area is 166 Å².